The molecule has 0 amide bonds. The van der Waals surface area contributed by atoms with Gasteiger partial charge in [-0.25, -0.2) is 0 Å². The molecule has 0 radical (unpaired) electrons. The first-order chi connectivity index (χ1) is 8.27. The van der Waals surface area contributed by atoms with E-state index in [0.717, 1.165) is 38.8 Å². The predicted molar refractivity (Wildman–Crippen MR) is 81.5 cm³/mol. The van der Waals surface area contributed by atoms with Crippen molar-refractivity contribution in [1.82, 2.24) is 10.6 Å². The van der Waals surface area contributed by atoms with E-state index in [1.165, 1.54) is 19.3 Å². The van der Waals surface area contributed by atoms with Gasteiger partial charge in [0, 0.05) is 6.04 Å². The second kappa shape index (κ2) is 9.81. The summed E-state index contributed by atoms with van der Waals surface area (Å²) in [5.74, 6) is -0.313. The van der Waals surface area contributed by atoms with Crippen molar-refractivity contribution in [3.63, 3.8) is 0 Å². The zero-order valence-corrected chi connectivity index (χ0v) is 12.9. The van der Waals surface area contributed by atoms with Gasteiger partial charge in [-0.1, -0.05) is 19.3 Å². The normalized spacial score (nSPS) is 22.9. The van der Waals surface area contributed by atoms with Crippen LogP contribution in [0.4, 0.5) is 0 Å². The molecule has 114 valence electrons. The van der Waals surface area contributed by atoms with E-state index in [1.807, 2.05) is 0 Å². The highest BCUT2D eigenvalue weighted by atomic mass is 35.5. The molecule has 3 N–H and O–H groups in total. The van der Waals surface area contributed by atoms with E-state index < -0.39 is 5.97 Å². The van der Waals surface area contributed by atoms with E-state index in [-0.39, 0.29) is 30.9 Å². The fourth-order valence-electron chi connectivity index (χ4n) is 3.12. The summed E-state index contributed by atoms with van der Waals surface area (Å²) in [6.07, 6.45) is 7.93. The molecular formula is C13H26Cl2N2O2. The van der Waals surface area contributed by atoms with E-state index in [2.05, 4.69) is 10.6 Å². The molecule has 4 nitrogen and oxygen atoms in total. The summed E-state index contributed by atoms with van der Waals surface area (Å²) in [5.41, 5.74) is 0. The molecule has 1 aliphatic carbocycles. The van der Waals surface area contributed by atoms with Crippen LogP contribution in [-0.2, 0) is 4.79 Å². The standard InChI is InChI=1S/C13H24N2O2.2ClH/c16-13(17)12(10-4-2-1-3-5-10)15-11-6-8-14-9-7-11;;/h10-12,14-15H,1-9H2,(H,16,17);2*1H/t12-;;/m0../s1. The summed E-state index contributed by atoms with van der Waals surface area (Å²) in [4.78, 5) is 11.4. The van der Waals surface area contributed by atoms with Gasteiger partial charge in [0.25, 0.3) is 0 Å². The Morgan fingerprint density at radius 2 is 1.63 bits per heavy atom. The molecule has 2 aliphatic rings. The van der Waals surface area contributed by atoms with E-state index in [9.17, 15) is 9.90 Å². The van der Waals surface area contributed by atoms with Gasteiger partial charge >= 0.3 is 5.97 Å². The number of carboxylic acid groups (broad SMARTS) is 1. The molecule has 2 fully saturated rings. The monoisotopic (exact) mass is 312 g/mol. The van der Waals surface area contributed by atoms with Crippen molar-refractivity contribution in [3.8, 4) is 0 Å². The van der Waals surface area contributed by atoms with Gasteiger partial charge in [0.1, 0.15) is 6.04 Å². The van der Waals surface area contributed by atoms with Crippen LogP contribution in [0.2, 0.25) is 0 Å². The van der Waals surface area contributed by atoms with Gasteiger partial charge in [-0.3, -0.25) is 4.79 Å². The Morgan fingerprint density at radius 1 is 1.05 bits per heavy atom. The van der Waals surface area contributed by atoms with Crippen molar-refractivity contribution in [2.75, 3.05) is 13.1 Å². The third-order valence-electron chi connectivity index (χ3n) is 4.14. The van der Waals surface area contributed by atoms with Crippen LogP contribution in [0.15, 0.2) is 0 Å². The predicted octanol–water partition coefficient (Wildman–Crippen LogP) is 2.21. The zero-order chi connectivity index (χ0) is 12.1. The minimum absolute atomic E-state index is 0. The maximum absolute atomic E-state index is 11.4. The van der Waals surface area contributed by atoms with Gasteiger partial charge in [0.2, 0.25) is 0 Å². The van der Waals surface area contributed by atoms with Crippen LogP contribution in [0.1, 0.15) is 44.9 Å². The number of aliphatic carboxylic acids is 1. The number of nitrogens with one attached hydrogen (secondary N) is 2. The lowest BCUT2D eigenvalue weighted by molar-refractivity contribution is -0.141. The van der Waals surface area contributed by atoms with Crippen LogP contribution in [0.3, 0.4) is 0 Å². The summed E-state index contributed by atoms with van der Waals surface area (Å²) < 4.78 is 0. The van der Waals surface area contributed by atoms with Gasteiger partial charge in [-0.05, 0) is 44.7 Å². The quantitative estimate of drug-likeness (QED) is 0.745. The van der Waals surface area contributed by atoms with E-state index in [1.54, 1.807) is 0 Å². The highest BCUT2D eigenvalue weighted by Gasteiger charge is 2.31. The Morgan fingerprint density at radius 3 is 2.16 bits per heavy atom. The Balaban J connectivity index is 0.00000162. The molecule has 1 heterocycles. The number of halogens is 2. The molecule has 1 atom stereocenters. The smallest absolute Gasteiger partial charge is 0.320 e. The van der Waals surface area contributed by atoms with Crippen LogP contribution in [-0.4, -0.2) is 36.2 Å². The summed E-state index contributed by atoms with van der Waals surface area (Å²) in [6.45, 7) is 2.02. The van der Waals surface area contributed by atoms with Gasteiger partial charge in [0.05, 0.1) is 0 Å². The minimum Gasteiger partial charge on any atom is -0.480 e. The molecule has 19 heavy (non-hydrogen) atoms. The topological polar surface area (TPSA) is 61.4 Å². The number of hydrogen-bond acceptors (Lipinski definition) is 3. The van der Waals surface area contributed by atoms with E-state index in [0.29, 0.717) is 12.0 Å². The number of rotatable bonds is 4. The van der Waals surface area contributed by atoms with Gasteiger partial charge in [0.15, 0.2) is 0 Å². The van der Waals surface area contributed by atoms with Crippen molar-refractivity contribution in [1.29, 1.82) is 0 Å². The molecule has 1 aliphatic heterocycles. The third kappa shape index (κ3) is 5.86. The average molecular weight is 313 g/mol. The largest absolute Gasteiger partial charge is 0.480 e. The highest BCUT2D eigenvalue weighted by Crippen LogP contribution is 2.27. The minimum atomic E-state index is -0.657. The molecule has 6 heteroatoms. The second-order valence-corrected chi connectivity index (χ2v) is 5.40. The maximum Gasteiger partial charge on any atom is 0.320 e. The number of piperidine rings is 1. The van der Waals surface area contributed by atoms with Crippen molar-refractivity contribution in [2.24, 2.45) is 5.92 Å². The van der Waals surface area contributed by atoms with Gasteiger partial charge in [-0.2, -0.15) is 0 Å². The first-order valence-corrected chi connectivity index (χ1v) is 6.97. The van der Waals surface area contributed by atoms with Gasteiger partial charge in [-0.15, -0.1) is 24.8 Å². The molecule has 1 saturated carbocycles. The van der Waals surface area contributed by atoms with Crippen LogP contribution < -0.4 is 10.6 Å². The molecule has 0 aromatic rings. The van der Waals surface area contributed by atoms with E-state index in [4.69, 9.17) is 0 Å². The van der Waals surface area contributed by atoms with E-state index >= 15 is 0 Å². The molecule has 0 unspecified atom stereocenters. The number of hydrogen-bond donors (Lipinski definition) is 3. The zero-order valence-electron chi connectivity index (χ0n) is 11.3. The highest BCUT2D eigenvalue weighted by molar-refractivity contribution is 5.85. The fraction of sp³-hybridized carbons (Fsp3) is 0.923. The molecule has 2 rings (SSSR count). The Labute approximate surface area is 127 Å². The van der Waals surface area contributed by atoms with Crippen molar-refractivity contribution in [3.05, 3.63) is 0 Å². The lowest BCUT2D eigenvalue weighted by atomic mass is 9.83. The SMILES string of the molecule is Cl.Cl.O=C(O)[C@@H](NC1CCNCC1)C1CCCCC1. The summed E-state index contributed by atoms with van der Waals surface area (Å²) in [5, 5.41) is 16.1. The maximum atomic E-state index is 11.4. The average Bonchev–Trinajstić information content (AvgIpc) is 2.38. The van der Waals surface area contributed by atoms with Crippen LogP contribution in [0.5, 0.6) is 0 Å². The molecule has 0 aromatic heterocycles. The van der Waals surface area contributed by atoms with Crippen molar-refractivity contribution < 1.29 is 9.90 Å². The first kappa shape index (κ1) is 19.0. The van der Waals surface area contributed by atoms with Crippen LogP contribution >= 0.6 is 24.8 Å². The Kier molecular flexibility index (Phi) is 9.79. The molecule has 0 bridgehead atoms. The summed E-state index contributed by atoms with van der Waals surface area (Å²) >= 11 is 0. The van der Waals surface area contributed by atoms with Crippen LogP contribution in [0, 0.1) is 5.92 Å². The second-order valence-electron chi connectivity index (χ2n) is 5.40. The lowest BCUT2D eigenvalue weighted by Crippen LogP contribution is -2.51. The van der Waals surface area contributed by atoms with Gasteiger partial charge < -0.3 is 15.7 Å². The number of carboxylic acids is 1. The summed E-state index contributed by atoms with van der Waals surface area (Å²) in [7, 11) is 0. The Hall–Kier alpha value is -0.0300. The molecular weight excluding hydrogens is 287 g/mol. The molecule has 0 aromatic carbocycles. The molecule has 0 spiro atoms. The van der Waals surface area contributed by atoms with Crippen LogP contribution in [0.25, 0.3) is 0 Å². The molecule has 1 saturated heterocycles. The Bertz CT molecular complexity index is 255. The van der Waals surface area contributed by atoms with Crippen molar-refractivity contribution >= 4 is 30.8 Å². The van der Waals surface area contributed by atoms with Crippen molar-refractivity contribution in [2.45, 2.75) is 57.0 Å². The third-order valence-corrected chi connectivity index (χ3v) is 4.14. The summed E-state index contributed by atoms with van der Waals surface area (Å²) in [6, 6.07) is 0.0673. The lowest BCUT2D eigenvalue weighted by Gasteiger charge is -2.33. The first-order valence-electron chi connectivity index (χ1n) is 6.97. The fourth-order valence-corrected chi connectivity index (χ4v) is 3.12. The number of carbonyl (C=O) groups is 1.